The maximum atomic E-state index is 6.32. The van der Waals surface area contributed by atoms with E-state index in [9.17, 15) is 0 Å². The van der Waals surface area contributed by atoms with Gasteiger partial charge in [0, 0.05) is 7.05 Å². The van der Waals surface area contributed by atoms with E-state index in [4.69, 9.17) is 16.3 Å². The van der Waals surface area contributed by atoms with Crippen LogP contribution < -0.4 is 10.1 Å². The first-order valence-corrected chi connectivity index (χ1v) is 7.74. The minimum absolute atomic E-state index is 0.252. The molecule has 0 radical (unpaired) electrons. The smallest absolute Gasteiger partial charge is 0.167 e. The van der Waals surface area contributed by atoms with Gasteiger partial charge in [-0.15, -0.1) is 0 Å². The van der Waals surface area contributed by atoms with Gasteiger partial charge in [0.25, 0.3) is 0 Å². The van der Waals surface area contributed by atoms with Gasteiger partial charge >= 0.3 is 0 Å². The van der Waals surface area contributed by atoms with Crippen LogP contribution in [0.1, 0.15) is 25.5 Å². The van der Waals surface area contributed by atoms with Crippen molar-refractivity contribution in [2.24, 2.45) is 0 Å². The van der Waals surface area contributed by atoms with Gasteiger partial charge in [-0.2, -0.15) is 0 Å². The van der Waals surface area contributed by atoms with E-state index in [-0.39, 0.29) is 5.92 Å². The molecule has 2 rings (SSSR count). The molecule has 0 spiro atoms. The summed E-state index contributed by atoms with van der Waals surface area (Å²) < 4.78 is 6.26. The van der Waals surface area contributed by atoms with Crippen LogP contribution in [0.4, 0.5) is 5.82 Å². The van der Waals surface area contributed by atoms with Gasteiger partial charge in [-0.05, 0) is 34.0 Å². The van der Waals surface area contributed by atoms with Crippen LogP contribution >= 0.6 is 27.5 Å². The third-order valence-corrected chi connectivity index (χ3v) is 4.18. The van der Waals surface area contributed by atoms with E-state index in [0.29, 0.717) is 22.2 Å². The number of hydrogen-bond acceptors (Lipinski definition) is 4. The summed E-state index contributed by atoms with van der Waals surface area (Å²) in [5, 5.41) is 3.64. The maximum Gasteiger partial charge on any atom is 0.167 e. The monoisotopic (exact) mass is 369 g/mol. The molecule has 0 atom stereocenters. The first-order valence-electron chi connectivity index (χ1n) is 6.57. The lowest BCUT2D eigenvalue weighted by Crippen LogP contribution is -2.05. The molecule has 0 unspecified atom stereocenters. The number of methoxy groups -OCH3 is 1. The summed E-state index contributed by atoms with van der Waals surface area (Å²) in [5.74, 6) is 2.18. The Morgan fingerprint density at radius 1 is 1.29 bits per heavy atom. The van der Waals surface area contributed by atoms with Crippen molar-refractivity contribution in [2.45, 2.75) is 19.8 Å². The molecule has 0 bridgehead atoms. The normalized spacial score (nSPS) is 10.8. The van der Waals surface area contributed by atoms with Crippen molar-refractivity contribution < 1.29 is 4.74 Å². The summed E-state index contributed by atoms with van der Waals surface area (Å²) in [6.07, 6.45) is 0. The molecule has 1 N–H and O–H groups in total. The molecule has 21 heavy (non-hydrogen) atoms. The second-order valence-electron chi connectivity index (χ2n) is 4.82. The highest BCUT2D eigenvalue weighted by molar-refractivity contribution is 9.10. The van der Waals surface area contributed by atoms with E-state index in [1.165, 1.54) is 0 Å². The third kappa shape index (κ3) is 3.14. The van der Waals surface area contributed by atoms with Crippen molar-refractivity contribution in [3.8, 4) is 17.1 Å². The zero-order chi connectivity index (χ0) is 15.6. The van der Waals surface area contributed by atoms with E-state index < -0.39 is 0 Å². The average Bonchev–Trinajstić information content (AvgIpc) is 2.47. The number of rotatable bonds is 4. The van der Waals surface area contributed by atoms with Crippen LogP contribution in [0, 0.1) is 0 Å². The number of aromatic nitrogens is 2. The minimum Gasteiger partial charge on any atom is -0.496 e. The molecule has 1 aromatic heterocycles. The molecule has 6 heteroatoms. The summed E-state index contributed by atoms with van der Waals surface area (Å²) in [6.45, 7) is 4.17. The van der Waals surface area contributed by atoms with Crippen LogP contribution in [-0.4, -0.2) is 24.1 Å². The number of halogens is 2. The number of anilines is 1. The van der Waals surface area contributed by atoms with Crippen LogP contribution in [0.15, 0.2) is 22.7 Å². The Kier molecular flexibility index (Phi) is 5.06. The molecule has 112 valence electrons. The predicted molar refractivity (Wildman–Crippen MR) is 90.4 cm³/mol. The van der Waals surface area contributed by atoms with Gasteiger partial charge in [0.15, 0.2) is 5.82 Å². The van der Waals surface area contributed by atoms with E-state index in [1.807, 2.05) is 19.2 Å². The molecule has 0 saturated carbocycles. The van der Waals surface area contributed by atoms with Crippen molar-refractivity contribution in [3.63, 3.8) is 0 Å². The maximum absolute atomic E-state index is 6.32. The van der Waals surface area contributed by atoms with Gasteiger partial charge in [0.1, 0.15) is 11.6 Å². The summed E-state index contributed by atoms with van der Waals surface area (Å²) in [6, 6.07) is 5.49. The molecular weight excluding hydrogens is 354 g/mol. The van der Waals surface area contributed by atoms with Crippen molar-refractivity contribution in [1.29, 1.82) is 0 Å². The zero-order valence-electron chi connectivity index (χ0n) is 12.4. The average molecular weight is 371 g/mol. The second-order valence-corrected chi connectivity index (χ2v) is 6.02. The fourth-order valence-electron chi connectivity index (χ4n) is 2.02. The highest BCUT2D eigenvalue weighted by Crippen LogP contribution is 2.37. The number of benzene rings is 1. The van der Waals surface area contributed by atoms with Gasteiger partial charge in [0.05, 0.1) is 27.9 Å². The molecule has 0 aliphatic heterocycles. The standard InChI is InChI=1S/C15H17BrClN3O/c1-8(2)13-12(16)15(18-3)20-14(19-13)11-9(17)6-5-7-10(11)21-4/h5-8H,1-4H3,(H,18,19,20). The largest absolute Gasteiger partial charge is 0.496 e. The second kappa shape index (κ2) is 6.62. The van der Waals surface area contributed by atoms with Gasteiger partial charge < -0.3 is 10.1 Å². The Bertz CT molecular complexity index is 662. The molecule has 0 amide bonds. The fraction of sp³-hybridized carbons (Fsp3) is 0.333. The minimum atomic E-state index is 0.252. The third-order valence-electron chi connectivity index (χ3n) is 3.08. The quantitative estimate of drug-likeness (QED) is 0.845. The van der Waals surface area contributed by atoms with Gasteiger partial charge in [0.2, 0.25) is 0 Å². The molecule has 1 aromatic carbocycles. The highest BCUT2D eigenvalue weighted by Gasteiger charge is 2.19. The molecule has 4 nitrogen and oxygen atoms in total. The van der Waals surface area contributed by atoms with Crippen molar-refractivity contribution in [1.82, 2.24) is 9.97 Å². The summed E-state index contributed by atoms with van der Waals surface area (Å²) in [4.78, 5) is 9.20. The Morgan fingerprint density at radius 3 is 2.57 bits per heavy atom. The van der Waals surface area contributed by atoms with Gasteiger partial charge in [-0.3, -0.25) is 0 Å². The molecule has 0 aliphatic carbocycles. The van der Waals surface area contributed by atoms with Crippen molar-refractivity contribution in [3.05, 3.63) is 33.4 Å². The predicted octanol–water partition coefficient (Wildman–Crippen LogP) is 4.73. The lowest BCUT2D eigenvalue weighted by Gasteiger charge is -2.15. The van der Waals surface area contributed by atoms with E-state index in [1.54, 1.807) is 13.2 Å². The lowest BCUT2D eigenvalue weighted by molar-refractivity contribution is 0.416. The Balaban J connectivity index is 2.73. The molecular formula is C15H17BrClN3O. The Hall–Kier alpha value is -1.33. The molecule has 0 fully saturated rings. The molecule has 0 aliphatic rings. The van der Waals surface area contributed by atoms with Crippen molar-refractivity contribution in [2.75, 3.05) is 19.5 Å². The summed E-state index contributed by atoms with van der Waals surface area (Å²) in [5.41, 5.74) is 1.62. The molecule has 0 saturated heterocycles. The van der Waals surface area contributed by atoms with Gasteiger partial charge in [-0.25, -0.2) is 9.97 Å². The Labute approximate surface area is 138 Å². The summed E-state index contributed by atoms with van der Waals surface area (Å²) in [7, 11) is 3.43. The number of hydrogen-bond donors (Lipinski definition) is 1. The molecule has 2 aromatic rings. The number of nitrogens with zero attached hydrogens (tertiary/aromatic N) is 2. The van der Waals surface area contributed by atoms with Crippen LogP contribution in [-0.2, 0) is 0 Å². The van der Waals surface area contributed by atoms with E-state index >= 15 is 0 Å². The SMILES string of the molecule is CNc1nc(-c2c(Cl)cccc2OC)nc(C(C)C)c1Br. The van der Waals surface area contributed by atoms with Crippen LogP contribution in [0.2, 0.25) is 5.02 Å². The first kappa shape index (κ1) is 16.0. The van der Waals surface area contributed by atoms with Crippen LogP contribution in [0.25, 0.3) is 11.4 Å². The summed E-state index contributed by atoms with van der Waals surface area (Å²) >= 11 is 9.87. The van der Waals surface area contributed by atoms with E-state index in [0.717, 1.165) is 16.0 Å². The fourth-order valence-corrected chi connectivity index (χ4v) is 3.10. The van der Waals surface area contributed by atoms with Gasteiger partial charge in [-0.1, -0.05) is 31.5 Å². The number of ether oxygens (including phenoxy) is 1. The van der Waals surface area contributed by atoms with Crippen LogP contribution in [0.3, 0.4) is 0 Å². The van der Waals surface area contributed by atoms with E-state index in [2.05, 4.69) is 45.1 Å². The lowest BCUT2D eigenvalue weighted by atomic mass is 10.1. The first-order chi connectivity index (χ1) is 9.99. The molecule has 1 heterocycles. The number of nitrogens with one attached hydrogen (secondary N) is 1. The van der Waals surface area contributed by atoms with Crippen LogP contribution in [0.5, 0.6) is 5.75 Å². The zero-order valence-corrected chi connectivity index (χ0v) is 14.7. The van der Waals surface area contributed by atoms with Crippen molar-refractivity contribution >= 4 is 33.3 Å². The Morgan fingerprint density at radius 2 is 2.00 bits per heavy atom. The highest BCUT2D eigenvalue weighted by atomic mass is 79.9. The topological polar surface area (TPSA) is 47.0 Å².